The predicted octanol–water partition coefficient (Wildman–Crippen LogP) is 2.54. The minimum Gasteiger partial charge on any atom is -0.370 e. The van der Waals surface area contributed by atoms with Gasteiger partial charge in [-0.25, -0.2) is 0 Å². The summed E-state index contributed by atoms with van der Waals surface area (Å²) in [5, 5.41) is 0. The quantitative estimate of drug-likeness (QED) is 0.789. The van der Waals surface area contributed by atoms with E-state index < -0.39 is 0 Å². The van der Waals surface area contributed by atoms with Gasteiger partial charge in [-0.2, -0.15) is 0 Å². The van der Waals surface area contributed by atoms with Crippen LogP contribution in [0.1, 0.15) is 25.8 Å². The molecule has 2 heteroatoms. The van der Waals surface area contributed by atoms with Crippen molar-refractivity contribution in [3.05, 3.63) is 29.8 Å². The molecule has 0 aromatic heterocycles. The summed E-state index contributed by atoms with van der Waals surface area (Å²) in [5.41, 5.74) is 3.16. The van der Waals surface area contributed by atoms with E-state index in [0.29, 0.717) is 5.41 Å². The lowest BCUT2D eigenvalue weighted by Gasteiger charge is -2.40. The highest BCUT2D eigenvalue weighted by atomic mass is 15.2. The minimum absolute atomic E-state index is 0.305. The molecule has 17 heavy (non-hydrogen) atoms. The Bertz CT molecular complexity index is 382. The summed E-state index contributed by atoms with van der Waals surface area (Å²) >= 11 is 0. The maximum atomic E-state index is 3.22. The Morgan fingerprint density at radius 3 is 2.88 bits per heavy atom. The third kappa shape index (κ3) is 2.63. The molecule has 0 amide bonds. The second-order valence-corrected chi connectivity index (χ2v) is 5.87. The molecule has 0 spiro atoms. The molecule has 1 aromatic carbocycles. The molecule has 2 nitrogen and oxygen atoms in total. The molecule has 0 unspecified atom stereocenters. The fourth-order valence-corrected chi connectivity index (χ4v) is 2.48. The van der Waals surface area contributed by atoms with E-state index in [2.05, 4.69) is 55.9 Å². The number of fused-ring (bicyclic) bond motifs is 1. The SMILES string of the molecule is CN(C)CCN1CCC(C)(C)c2cc[c]cc21. The van der Waals surface area contributed by atoms with Crippen LogP contribution in [0, 0.1) is 6.07 Å². The van der Waals surface area contributed by atoms with Gasteiger partial charge in [-0.15, -0.1) is 0 Å². The first-order valence-electron chi connectivity index (χ1n) is 6.41. The summed E-state index contributed by atoms with van der Waals surface area (Å²) in [6, 6.07) is 9.64. The van der Waals surface area contributed by atoms with E-state index in [4.69, 9.17) is 0 Å². The van der Waals surface area contributed by atoms with Crippen molar-refractivity contribution in [2.24, 2.45) is 0 Å². The largest absolute Gasteiger partial charge is 0.370 e. The fourth-order valence-electron chi connectivity index (χ4n) is 2.48. The Balaban J connectivity index is 2.22. The van der Waals surface area contributed by atoms with E-state index in [1.165, 1.54) is 17.7 Å². The predicted molar refractivity (Wildman–Crippen MR) is 73.7 cm³/mol. The summed E-state index contributed by atoms with van der Waals surface area (Å²) in [7, 11) is 4.26. The lowest BCUT2D eigenvalue weighted by atomic mass is 9.78. The first-order chi connectivity index (χ1) is 8.00. The van der Waals surface area contributed by atoms with Gasteiger partial charge in [0.1, 0.15) is 0 Å². The van der Waals surface area contributed by atoms with Crippen LogP contribution in [0.3, 0.4) is 0 Å². The molecule has 0 bridgehead atoms. The zero-order valence-electron chi connectivity index (χ0n) is 11.5. The molecule has 0 saturated heterocycles. The van der Waals surface area contributed by atoms with Crippen molar-refractivity contribution in [2.75, 3.05) is 38.6 Å². The van der Waals surface area contributed by atoms with Gasteiger partial charge in [0.15, 0.2) is 0 Å². The van der Waals surface area contributed by atoms with Crippen LogP contribution in [0.2, 0.25) is 0 Å². The molecule has 1 aromatic rings. The highest BCUT2D eigenvalue weighted by molar-refractivity contribution is 5.58. The first-order valence-corrected chi connectivity index (χ1v) is 6.41. The Hall–Kier alpha value is -1.02. The molecule has 1 aliphatic rings. The molecular weight excluding hydrogens is 208 g/mol. The van der Waals surface area contributed by atoms with Gasteiger partial charge in [-0.3, -0.25) is 0 Å². The maximum Gasteiger partial charge on any atom is 0.0410 e. The zero-order chi connectivity index (χ0) is 12.5. The lowest BCUT2D eigenvalue weighted by molar-refractivity contribution is 0.397. The number of rotatable bonds is 3. The van der Waals surface area contributed by atoms with Gasteiger partial charge in [0, 0.05) is 25.3 Å². The van der Waals surface area contributed by atoms with E-state index in [1.54, 1.807) is 0 Å². The topological polar surface area (TPSA) is 6.48 Å². The smallest absolute Gasteiger partial charge is 0.0410 e. The Morgan fingerprint density at radius 1 is 1.41 bits per heavy atom. The number of hydrogen-bond donors (Lipinski definition) is 0. The number of likely N-dealkylation sites (N-methyl/N-ethyl adjacent to an activating group) is 1. The molecular formula is C15H23N2. The highest BCUT2D eigenvalue weighted by Gasteiger charge is 2.30. The van der Waals surface area contributed by atoms with E-state index in [0.717, 1.165) is 19.6 Å². The van der Waals surface area contributed by atoms with Crippen molar-refractivity contribution in [3.63, 3.8) is 0 Å². The van der Waals surface area contributed by atoms with Crippen LogP contribution < -0.4 is 4.90 Å². The van der Waals surface area contributed by atoms with Crippen LogP contribution in [0.15, 0.2) is 18.2 Å². The zero-order valence-corrected chi connectivity index (χ0v) is 11.5. The summed E-state index contributed by atoms with van der Waals surface area (Å²) in [6.07, 6.45) is 1.23. The van der Waals surface area contributed by atoms with Gasteiger partial charge >= 0.3 is 0 Å². The summed E-state index contributed by atoms with van der Waals surface area (Å²) in [6.45, 7) is 8.05. The Kier molecular flexibility index (Phi) is 3.43. The van der Waals surface area contributed by atoms with Gasteiger partial charge in [0.05, 0.1) is 0 Å². The fraction of sp³-hybridized carbons (Fsp3) is 0.600. The van der Waals surface area contributed by atoms with Crippen LogP contribution in [-0.2, 0) is 5.41 Å². The number of hydrogen-bond acceptors (Lipinski definition) is 2. The molecule has 93 valence electrons. The third-order valence-corrected chi connectivity index (χ3v) is 3.74. The van der Waals surface area contributed by atoms with Crippen molar-refractivity contribution in [3.8, 4) is 0 Å². The number of nitrogens with zero attached hydrogens (tertiary/aromatic N) is 2. The number of benzene rings is 1. The molecule has 0 atom stereocenters. The van der Waals surface area contributed by atoms with Gasteiger partial charge in [0.2, 0.25) is 0 Å². The van der Waals surface area contributed by atoms with Crippen molar-refractivity contribution in [1.29, 1.82) is 0 Å². The second-order valence-electron chi connectivity index (χ2n) is 5.87. The summed E-state index contributed by atoms with van der Waals surface area (Å²) < 4.78 is 0. The second kappa shape index (κ2) is 4.69. The molecule has 0 fully saturated rings. The lowest BCUT2D eigenvalue weighted by Crippen LogP contribution is -2.40. The molecule has 1 radical (unpaired) electrons. The van der Waals surface area contributed by atoms with Gasteiger partial charge in [0.25, 0.3) is 0 Å². The Morgan fingerprint density at radius 2 is 2.18 bits per heavy atom. The summed E-state index contributed by atoms with van der Waals surface area (Å²) in [5.74, 6) is 0. The van der Waals surface area contributed by atoms with Crippen molar-refractivity contribution >= 4 is 5.69 Å². The van der Waals surface area contributed by atoms with Gasteiger partial charge < -0.3 is 9.80 Å². The summed E-state index contributed by atoms with van der Waals surface area (Å²) in [4.78, 5) is 4.74. The average molecular weight is 231 g/mol. The number of anilines is 1. The minimum atomic E-state index is 0.305. The van der Waals surface area contributed by atoms with Gasteiger partial charge in [-0.05, 0) is 43.6 Å². The molecule has 0 aliphatic carbocycles. The average Bonchev–Trinajstić information content (AvgIpc) is 2.28. The van der Waals surface area contributed by atoms with Crippen LogP contribution in [0.4, 0.5) is 5.69 Å². The molecule has 2 rings (SSSR count). The van der Waals surface area contributed by atoms with Crippen LogP contribution in [0.5, 0.6) is 0 Å². The van der Waals surface area contributed by atoms with Crippen LogP contribution >= 0.6 is 0 Å². The maximum absolute atomic E-state index is 3.22. The van der Waals surface area contributed by atoms with Crippen molar-refractivity contribution < 1.29 is 0 Å². The van der Waals surface area contributed by atoms with E-state index >= 15 is 0 Å². The van der Waals surface area contributed by atoms with E-state index in [1.807, 2.05) is 6.07 Å². The van der Waals surface area contributed by atoms with Crippen LogP contribution in [0.25, 0.3) is 0 Å². The van der Waals surface area contributed by atoms with Crippen molar-refractivity contribution in [1.82, 2.24) is 4.90 Å². The molecule has 0 saturated carbocycles. The standard InChI is InChI=1S/C15H23N2/c1-15(2)9-10-17(12-11-16(3)4)14-8-6-5-7-13(14)15/h5,7-8H,9-12H2,1-4H3. The van der Waals surface area contributed by atoms with Crippen LogP contribution in [-0.4, -0.2) is 38.6 Å². The Labute approximate surface area is 105 Å². The first kappa shape index (κ1) is 12.4. The monoisotopic (exact) mass is 231 g/mol. The molecule has 1 aliphatic heterocycles. The van der Waals surface area contributed by atoms with Gasteiger partial charge in [-0.1, -0.05) is 26.0 Å². The normalized spacial score (nSPS) is 18.3. The molecule has 1 heterocycles. The van der Waals surface area contributed by atoms with E-state index in [-0.39, 0.29) is 0 Å². The third-order valence-electron chi connectivity index (χ3n) is 3.74. The van der Waals surface area contributed by atoms with Crippen molar-refractivity contribution in [2.45, 2.75) is 25.7 Å². The highest BCUT2D eigenvalue weighted by Crippen LogP contribution is 2.38. The molecule has 0 N–H and O–H groups in total. The van der Waals surface area contributed by atoms with E-state index in [9.17, 15) is 0 Å².